The molecule has 0 N–H and O–H groups in total. The highest BCUT2D eigenvalue weighted by Crippen LogP contribution is 2.49. The Labute approximate surface area is 272 Å². The van der Waals surface area contributed by atoms with Gasteiger partial charge in [-0.15, -0.1) is 0 Å². The monoisotopic (exact) mass is 596 g/mol. The molecule has 1 aliphatic rings. The maximum Gasteiger partial charge on any atom is 0.135 e. The molecule has 0 fully saturated rings. The van der Waals surface area contributed by atoms with Crippen LogP contribution in [0.1, 0.15) is 0 Å². The van der Waals surface area contributed by atoms with Crippen LogP contribution < -0.4 is 4.74 Å². The normalized spacial score (nSPS) is 12.0. The van der Waals surface area contributed by atoms with E-state index in [1.54, 1.807) is 0 Å². The molecule has 9 aromatic rings. The summed E-state index contributed by atoms with van der Waals surface area (Å²) >= 11 is 0. The van der Waals surface area contributed by atoms with Crippen LogP contribution in [0.2, 0.25) is 0 Å². The molecule has 0 spiro atoms. The van der Waals surface area contributed by atoms with Crippen molar-refractivity contribution in [3.63, 3.8) is 0 Å². The van der Waals surface area contributed by atoms with Crippen LogP contribution in [-0.2, 0) is 0 Å². The Hall–Kier alpha value is -6.18. The molecule has 0 saturated heterocycles. The second kappa shape index (κ2) is 10.2. The molecule has 1 nitrogen and oxygen atoms in total. The number of fused-ring (bicyclic) bond motifs is 6. The summed E-state index contributed by atoms with van der Waals surface area (Å²) in [6.07, 6.45) is 0. The summed E-state index contributed by atoms with van der Waals surface area (Å²) < 4.78 is 6.41. The van der Waals surface area contributed by atoms with E-state index in [0.717, 1.165) is 17.1 Å². The van der Waals surface area contributed by atoms with Crippen molar-refractivity contribution >= 4 is 43.1 Å². The lowest BCUT2D eigenvalue weighted by Crippen LogP contribution is -1.97. The van der Waals surface area contributed by atoms with E-state index < -0.39 is 0 Å². The Balaban J connectivity index is 1.23. The first-order valence-corrected chi connectivity index (χ1v) is 16.2. The summed E-state index contributed by atoms with van der Waals surface area (Å²) in [4.78, 5) is 0. The Morgan fingerprint density at radius 3 is 1.83 bits per heavy atom. The second-order valence-electron chi connectivity index (χ2n) is 12.4. The molecule has 0 atom stereocenters. The van der Waals surface area contributed by atoms with Gasteiger partial charge in [0.05, 0.1) is 0 Å². The van der Waals surface area contributed by atoms with Gasteiger partial charge in [0.1, 0.15) is 11.5 Å². The topological polar surface area (TPSA) is 9.23 Å². The van der Waals surface area contributed by atoms with Crippen LogP contribution in [0.25, 0.3) is 87.6 Å². The number of benzene rings is 9. The summed E-state index contributed by atoms with van der Waals surface area (Å²) in [5.74, 6) is 1.82. The Bertz CT molecular complexity index is 2700. The molecule has 0 bridgehead atoms. The fourth-order valence-corrected chi connectivity index (χ4v) is 7.76. The first-order chi connectivity index (χ1) is 23.3. The maximum atomic E-state index is 6.41. The van der Waals surface area contributed by atoms with Gasteiger partial charge in [0.15, 0.2) is 0 Å². The van der Waals surface area contributed by atoms with Gasteiger partial charge in [-0.25, -0.2) is 0 Å². The Morgan fingerprint density at radius 1 is 0.298 bits per heavy atom. The van der Waals surface area contributed by atoms with Crippen molar-refractivity contribution in [1.82, 2.24) is 0 Å². The summed E-state index contributed by atoms with van der Waals surface area (Å²) in [6, 6.07) is 61.6. The van der Waals surface area contributed by atoms with Crippen LogP contribution in [0.5, 0.6) is 11.5 Å². The molecule has 0 aliphatic carbocycles. The van der Waals surface area contributed by atoms with E-state index in [4.69, 9.17) is 4.74 Å². The van der Waals surface area contributed by atoms with Gasteiger partial charge >= 0.3 is 0 Å². The van der Waals surface area contributed by atoms with Gasteiger partial charge in [-0.1, -0.05) is 146 Å². The lowest BCUT2D eigenvalue weighted by Gasteiger charge is -2.22. The van der Waals surface area contributed by atoms with Gasteiger partial charge in [0.2, 0.25) is 0 Å². The van der Waals surface area contributed by atoms with E-state index in [-0.39, 0.29) is 0 Å². The molecule has 10 rings (SSSR count). The van der Waals surface area contributed by atoms with Gasteiger partial charge in [0.25, 0.3) is 0 Å². The quantitative estimate of drug-likeness (QED) is 0.146. The molecule has 1 heteroatoms. The first kappa shape index (κ1) is 26.1. The minimum absolute atomic E-state index is 0.900. The summed E-state index contributed by atoms with van der Waals surface area (Å²) in [7, 11) is 0. The number of ether oxygens (including phenoxy) is 1. The van der Waals surface area contributed by atoms with E-state index >= 15 is 0 Å². The lowest BCUT2D eigenvalue weighted by atomic mass is 9.83. The summed E-state index contributed by atoms with van der Waals surface area (Å²) in [5, 5.41) is 9.98. The van der Waals surface area contributed by atoms with Crippen molar-refractivity contribution in [3.05, 3.63) is 170 Å². The molecule has 9 aromatic carbocycles. The molecule has 1 heterocycles. The third-order valence-electron chi connectivity index (χ3n) is 9.82. The van der Waals surface area contributed by atoms with E-state index in [0.29, 0.717) is 0 Å². The van der Waals surface area contributed by atoms with E-state index in [9.17, 15) is 0 Å². The van der Waals surface area contributed by atoms with Gasteiger partial charge in [-0.05, 0) is 101 Å². The zero-order valence-corrected chi connectivity index (χ0v) is 25.6. The predicted octanol–water partition coefficient (Wildman–Crippen LogP) is 13.1. The van der Waals surface area contributed by atoms with Crippen LogP contribution in [-0.4, -0.2) is 0 Å². The van der Waals surface area contributed by atoms with Crippen LogP contribution in [0.3, 0.4) is 0 Å². The lowest BCUT2D eigenvalue weighted by molar-refractivity contribution is 0.487. The SMILES string of the molecule is c1ccc(-c2c3ccccc3c(-c3cccc(-c4ccc5c(c4)-c4cccc6cccc(c46)O5)c3)c3ccc4ccccc4c23)cc1. The third kappa shape index (κ3) is 3.97. The fraction of sp³-hybridized carbons (Fsp3) is 0. The molecule has 0 radical (unpaired) electrons. The van der Waals surface area contributed by atoms with E-state index in [2.05, 4.69) is 170 Å². The molecule has 0 amide bonds. The highest BCUT2D eigenvalue weighted by molar-refractivity contribution is 6.28. The van der Waals surface area contributed by atoms with Gasteiger partial charge in [0, 0.05) is 10.9 Å². The Kier molecular flexibility index (Phi) is 5.64. The van der Waals surface area contributed by atoms with Crippen LogP contribution in [0.15, 0.2) is 170 Å². The Morgan fingerprint density at radius 2 is 0.957 bits per heavy atom. The smallest absolute Gasteiger partial charge is 0.135 e. The zero-order chi connectivity index (χ0) is 30.9. The number of hydrogen-bond donors (Lipinski definition) is 0. The minimum atomic E-state index is 0.900. The minimum Gasteiger partial charge on any atom is -0.456 e. The van der Waals surface area contributed by atoms with Crippen LogP contribution >= 0.6 is 0 Å². The molecular weight excluding hydrogens is 569 g/mol. The van der Waals surface area contributed by atoms with Crippen molar-refractivity contribution < 1.29 is 4.74 Å². The van der Waals surface area contributed by atoms with Crippen molar-refractivity contribution in [2.45, 2.75) is 0 Å². The molecule has 0 aromatic heterocycles. The zero-order valence-electron chi connectivity index (χ0n) is 25.6. The van der Waals surface area contributed by atoms with Crippen molar-refractivity contribution in [3.8, 4) is 56.0 Å². The molecule has 1 aliphatic heterocycles. The number of hydrogen-bond acceptors (Lipinski definition) is 1. The largest absolute Gasteiger partial charge is 0.456 e. The fourth-order valence-electron chi connectivity index (χ4n) is 7.76. The van der Waals surface area contributed by atoms with Crippen LogP contribution in [0.4, 0.5) is 0 Å². The predicted molar refractivity (Wildman–Crippen MR) is 198 cm³/mol. The van der Waals surface area contributed by atoms with Crippen LogP contribution in [0, 0.1) is 0 Å². The maximum absolute atomic E-state index is 6.41. The summed E-state index contributed by atoms with van der Waals surface area (Å²) in [5.41, 5.74) is 9.70. The highest BCUT2D eigenvalue weighted by Gasteiger charge is 2.22. The second-order valence-corrected chi connectivity index (χ2v) is 12.4. The van der Waals surface area contributed by atoms with Crippen molar-refractivity contribution in [2.24, 2.45) is 0 Å². The highest BCUT2D eigenvalue weighted by atomic mass is 16.5. The summed E-state index contributed by atoms with van der Waals surface area (Å²) in [6.45, 7) is 0. The van der Waals surface area contributed by atoms with E-state index in [1.165, 1.54) is 82.0 Å². The third-order valence-corrected chi connectivity index (χ3v) is 9.82. The van der Waals surface area contributed by atoms with Crippen molar-refractivity contribution in [2.75, 3.05) is 0 Å². The molecule has 0 saturated carbocycles. The molecule has 218 valence electrons. The average Bonchev–Trinajstić information content (AvgIpc) is 3.14. The average molecular weight is 597 g/mol. The molecule has 0 unspecified atom stereocenters. The molecular formula is C46H28O. The first-order valence-electron chi connectivity index (χ1n) is 16.2. The van der Waals surface area contributed by atoms with E-state index in [1.807, 2.05) is 0 Å². The van der Waals surface area contributed by atoms with Gasteiger partial charge in [-0.3, -0.25) is 0 Å². The standard InChI is InChI=1S/C46H28O/c1-2-12-31(13-3-1)45-37-20-7-6-19-36(37)43(39-25-23-29-11-4-5-18-35(29)46(39)45)34-17-8-16-32(27-34)33-24-26-41-40(28-33)38-21-9-14-30-15-10-22-42(47-41)44(30)38/h1-28H. The molecule has 47 heavy (non-hydrogen) atoms. The van der Waals surface area contributed by atoms with Gasteiger partial charge < -0.3 is 4.74 Å². The van der Waals surface area contributed by atoms with Gasteiger partial charge in [-0.2, -0.15) is 0 Å². The van der Waals surface area contributed by atoms with Crippen molar-refractivity contribution in [1.29, 1.82) is 0 Å². The number of rotatable bonds is 3.